The molecule has 15 heavy (non-hydrogen) atoms. The molecule has 1 aliphatic rings. The number of ketones is 2. The maximum Gasteiger partial charge on any atom is 0.209 e. The van der Waals surface area contributed by atoms with Gasteiger partial charge in [-0.3, -0.25) is 9.59 Å². The Hall–Kier alpha value is -1.94. The molecular weight excluding hydrogens is 194 g/mol. The van der Waals surface area contributed by atoms with Crippen molar-refractivity contribution < 1.29 is 14.7 Å². The minimum atomic E-state index is -0.368. The number of aliphatic hydroxyl groups excluding tert-OH is 1. The molecule has 4 nitrogen and oxygen atoms in total. The van der Waals surface area contributed by atoms with Crippen molar-refractivity contribution in [3.8, 4) is 0 Å². The van der Waals surface area contributed by atoms with Crippen LogP contribution in [0.15, 0.2) is 36.0 Å². The molecule has 0 heterocycles. The number of carbonyl (C=O) groups is 2. The first kappa shape index (κ1) is 9.61. The van der Waals surface area contributed by atoms with Crippen LogP contribution in [0.4, 0.5) is 0 Å². The highest BCUT2D eigenvalue weighted by Gasteiger charge is 2.24. The van der Waals surface area contributed by atoms with Crippen molar-refractivity contribution >= 4 is 11.6 Å². The number of carbonyl (C=O) groups excluding carboxylic acids is 2. The van der Waals surface area contributed by atoms with Crippen LogP contribution < -0.4 is 5.32 Å². The Kier molecular flexibility index (Phi) is 2.35. The standard InChI is InChI=1S/C11H9NO3/c13-6-12-9-5-10(14)7-3-1-2-4-8(7)11(9)15/h1-5,12-13H,6H2. The van der Waals surface area contributed by atoms with Crippen LogP contribution in [-0.2, 0) is 0 Å². The topological polar surface area (TPSA) is 66.4 Å². The van der Waals surface area contributed by atoms with E-state index in [2.05, 4.69) is 5.32 Å². The third kappa shape index (κ3) is 1.55. The summed E-state index contributed by atoms with van der Waals surface area (Å²) >= 11 is 0. The van der Waals surface area contributed by atoms with Crippen LogP contribution >= 0.6 is 0 Å². The van der Waals surface area contributed by atoms with Gasteiger partial charge in [0.2, 0.25) is 5.78 Å². The normalized spacial score (nSPS) is 14.6. The lowest BCUT2D eigenvalue weighted by Crippen LogP contribution is -2.27. The summed E-state index contributed by atoms with van der Waals surface area (Å²) in [5, 5.41) is 11.1. The van der Waals surface area contributed by atoms with Gasteiger partial charge in [-0.2, -0.15) is 0 Å². The van der Waals surface area contributed by atoms with Gasteiger partial charge in [-0.1, -0.05) is 24.3 Å². The molecule has 0 atom stereocenters. The lowest BCUT2D eigenvalue weighted by Gasteiger charge is -2.14. The molecule has 1 aromatic rings. The zero-order valence-electron chi connectivity index (χ0n) is 7.86. The minimum Gasteiger partial charge on any atom is -0.377 e. The number of hydrogen-bond acceptors (Lipinski definition) is 4. The molecule has 2 N–H and O–H groups in total. The summed E-state index contributed by atoms with van der Waals surface area (Å²) in [7, 11) is 0. The number of nitrogens with one attached hydrogen (secondary N) is 1. The van der Waals surface area contributed by atoms with E-state index in [1.807, 2.05) is 0 Å². The van der Waals surface area contributed by atoms with Crippen LogP contribution in [0.1, 0.15) is 20.7 Å². The monoisotopic (exact) mass is 203 g/mol. The molecule has 0 bridgehead atoms. The van der Waals surface area contributed by atoms with E-state index in [1.165, 1.54) is 6.08 Å². The summed E-state index contributed by atoms with van der Waals surface area (Å²) in [6.45, 7) is -0.368. The van der Waals surface area contributed by atoms with Crippen molar-refractivity contribution in [2.75, 3.05) is 6.73 Å². The molecule has 1 aliphatic carbocycles. The van der Waals surface area contributed by atoms with E-state index in [1.54, 1.807) is 24.3 Å². The molecule has 0 aromatic heterocycles. The fourth-order valence-corrected chi connectivity index (χ4v) is 1.53. The lowest BCUT2D eigenvalue weighted by molar-refractivity contribution is 0.0973. The average Bonchev–Trinajstić information content (AvgIpc) is 2.26. The number of allylic oxidation sites excluding steroid dienone is 2. The summed E-state index contributed by atoms with van der Waals surface area (Å²) in [4.78, 5) is 23.3. The van der Waals surface area contributed by atoms with Crippen LogP contribution in [0.25, 0.3) is 0 Å². The Labute approximate surface area is 86.2 Å². The Morgan fingerprint density at radius 2 is 1.80 bits per heavy atom. The van der Waals surface area contributed by atoms with Gasteiger partial charge < -0.3 is 10.4 Å². The van der Waals surface area contributed by atoms with Crippen molar-refractivity contribution in [1.82, 2.24) is 5.32 Å². The maximum absolute atomic E-state index is 11.8. The van der Waals surface area contributed by atoms with Gasteiger partial charge in [-0.15, -0.1) is 0 Å². The summed E-state index contributed by atoms with van der Waals surface area (Å²) in [6, 6.07) is 6.62. The first-order valence-corrected chi connectivity index (χ1v) is 4.48. The number of rotatable bonds is 2. The first-order valence-electron chi connectivity index (χ1n) is 4.48. The third-order valence-electron chi connectivity index (χ3n) is 2.23. The van der Waals surface area contributed by atoms with Crippen LogP contribution in [0.2, 0.25) is 0 Å². The van der Waals surface area contributed by atoms with E-state index in [9.17, 15) is 9.59 Å². The summed E-state index contributed by atoms with van der Waals surface area (Å²) < 4.78 is 0. The van der Waals surface area contributed by atoms with E-state index in [4.69, 9.17) is 5.11 Å². The highest BCUT2D eigenvalue weighted by molar-refractivity contribution is 6.24. The fourth-order valence-electron chi connectivity index (χ4n) is 1.53. The highest BCUT2D eigenvalue weighted by Crippen LogP contribution is 2.19. The van der Waals surface area contributed by atoms with Crippen molar-refractivity contribution in [3.05, 3.63) is 47.2 Å². The smallest absolute Gasteiger partial charge is 0.209 e. The molecule has 0 unspecified atom stereocenters. The Balaban J connectivity index is 2.49. The zero-order chi connectivity index (χ0) is 10.8. The number of fused-ring (bicyclic) bond motifs is 1. The fraction of sp³-hybridized carbons (Fsp3) is 0.0909. The predicted molar refractivity (Wildman–Crippen MR) is 53.4 cm³/mol. The van der Waals surface area contributed by atoms with E-state index in [-0.39, 0.29) is 24.0 Å². The quantitative estimate of drug-likeness (QED) is 0.686. The zero-order valence-corrected chi connectivity index (χ0v) is 7.86. The third-order valence-corrected chi connectivity index (χ3v) is 2.23. The maximum atomic E-state index is 11.8. The number of hydrogen-bond donors (Lipinski definition) is 2. The van der Waals surface area contributed by atoms with Crippen molar-refractivity contribution in [2.45, 2.75) is 0 Å². The second-order valence-electron chi connectivity index (χ2n) is 3.13. The molecule has 0 saturated carbocycles. The van der Waals surface area contributed by atoms with Crippen LogP contribution in [0, 0.1) is 0 Å². The molecule has 0 amide bonds. The molecule has 0 aliphatic heterocycles. The number of benzene rings is 1. The molecule has 0 radical (unpaired) electrons. The Bertz CT molecular complexity index is 463. The molecular formula is C11H9NO3. The largest absolute Gasteiger partial charge is 0.377 e. The van der Waals surface area contributed by atoms with Gasteiger partial charge in [0.05, 0.1) is 5.70 Å². The van der Waals surface area contributed by atoms with Gasteiger partial charge >= 0.3 is 0 Å². The van der Waals surface area contributed by atoms with Gasteiger partial charge in [-0.05, 0) is 0 Å². The van der Waals surface area contributed by atoms with Crippen molar-refractivity contribution in [3.63, 3.8) is 0 Å². The summed E-state index contributed by atoms with van der Waals surface area (Å²) in [5.74, 6) is -0.486. The van der Waals surface area contributed by atoms with Crippen molar-refractivity contribution in [1.29, 1.82) is 0 Å². The van der Waals surface area contributed by atoms with Crippen LogP contribution in [0.3, 0.4) is 0 Å². The molecule has 1 aromatic carbocycles. The van der Waals surface area contributed by atoms with E-state index in [0.29, 0.717) is 11.1 Å². The van der Waals surface area contributed by atoms with Crippen LogP contribution in [-0.4, -0.2) is 23.4 Å². The first-order chi connectivity index (χ1) is 7.24. The predicted octanol–water partition coefficient (Wildman–Crippen LogP) is 0.489. The van der Waals surface area contributed by atoms with E-state index in [0.717, 1.165) is 0 Å². The Morgan fingerprint density at radius 1 is 1.13 bits per heavy atom. The molecule has 76 valence electrons. The number of aliphatic hydroxyl groups is 1. The van der Waals surface area contributed by atoms with Gasteiger partial charge in [-0.25, -0.2) is 0 Å². The van der Waals surface area contributed by atoms with Gasteiger partial charge in [0.1, 0.15) is 6.73 Å². The van der Waals surface area contributed by atoms with Gasteiger partial charge in [0.15, 0.2) is 5.78 Å². The average molecular weight is 203 g/mol. The molecule has 4 heteroatoms. The lowest BCUT2D eigenvalue weighted by atomic mass is 9.93. The van der Waals surface area contributed by atoms with Crippen LogP contribution in [0.5, 0.6) is 0 Å². The van der Waals surface area contributed by atoms with Gasteiger partial charge in [0.25, 0.3) is 0 Å². The second-order valence-corrected chi connectivity index (χ2v) is 3.13. The summed E-state index contributed by atoms with van der Waals surface area (Å²) in [6.07, 6.45) is 1.21. The van der Waals surface area contributed by atoms with Gasteiger partial charge in [0, 0.05) is 17.2 Å². The summed E-state index contributed by atoms with van der Waals surface area (Å²) in [5.41, 5.74) is 0.924. The molecule has 0 saturated heterocycles. The van der Waals surface area contributed by atoms with E-state index < -0.39 is 0 Å². The number of Topliss-reactive ketones (excluding diaryl/α,β-unsaturated/α-hetero) is 1. The van der Waals surface area contributed by atoms with E-state index >= 15 is 0 Å². The molecule has 2 rings (SSSR count). The molecule has 0 fully saturated rings. The molecule has 0 spiro atoms. The highest BCUT2D eigenvalue weighted by atomic mass is 16.3. The van der Waals surface area contributed by atoms with Crippen molar-refractivity contribution in [2.24, 2.45) is 0 Å². The SMILES string of the molecule is O=C1C=C(NCO)C(=O)c2ccccc21. The minimum absolute atomic E-state index is 0.140. The second kappa shape index (κ2) is 3.67. The Morgan fingerprint density at radius 3 is 2.47 bits per heavy atom.